The van der Waals surface area contributed by atoms with E-state index in [0.29, 0.717) is 40.7 Å². The number of nitrogens with zero attached hydrogens (tertiary/aromatic N) is 3. The molecular weight excluding hydrogens is 436 g/mol. The van der Waals surface area contributed by atoms with E-state index in [1.165, 1.54) is 31.4 Å². The number of benzene rings is 2. The van der Waals surface area contributed by atoms with E-state index < -0.39 is 10.8 Å². The third-order valence-corrected chi connectivity index (χ3v) is 5.15. The Bertz CT molecular complexity index is 1320. The lowest BCUT2D eigenvalue weighted by Gasteiger charge is -2.14. The molecule has 1 aromatic heterocycles. The molecule has 0 saturated heterocycles. The van der Waals surface area contributed by atoms with Crippen LogP contribution in [0.4, 0.5) is 11.4 Å². The van der Waals surface area contributed by atoms with Crippen LogP contribution in [0, 0.1) is 35.3 Å². The predicted molar refractivity (Wildman–Crippen MR) is 128 cm³/mol. The van der Waals surface area contributed by atoms with Crippen LogP contribution in [0.2, 0.25) is 0 Å². The highest BCUT2D eigenvalue weighted by Gasteiger charge is 2.19. The lowest BCUT2D eigenvalue weighted by molar-refractivity contribution is -0.384. The first kappa shape index (κ1) is 24.1. The fraction of sp³-hybridized carbons (Fsp3) is 0.200. The molecule has 9 heteroatoms. The lowest BCUT2D eigenvalue weighted by Crippen LogP contribution is -2.13. The zero-order valence-corrected chi connectivity index (χ0v) is 19.3. The molecule has 1 N–H and O–H groups in total. The predicted octanol–water partition coefficient (Wildman–Crippen LogP) is 4.96. The fourth-order valence-corrected chi connectivity index (χ4v) is 3.60. The molecule has 1 heterocycles. The normalized spacial score (nSPS) is 11.0. The third kappa shape index (κ3) is 5.07. The Labute approximate surface area is 197 Å². The van der Waals surface area contributed by atoms with Gasteiger partial charge in [0.2, 0.25) is 0 Å². The number of hydrogen-bond acceptors (Lipinski definition) is 6. The summed E-state index contributed by atoms with van der Waals surface area (Å²) in [5, 5.41) is 23.6. The van der Waals surface area contributed by atoms with Crippen molar-refractivity contribution in [2.24, 2.45) is 0 Å². The molecule has 34 heavy (non-hydrogen) atoms. The Balaban J connectivity index is 1.98. The largest absolute Gasteiger partial charge is 0.495 e. The Hall–Kier alpha value is -4.58. The maximum atomic E-state index is 12.8. The van der Waals surface area contributed by atoms with E-state index in [9.17, 15) is 20.2 Å². The molecule has 0 aliphatic heterocycles. The number of carbonyl (C=O) groups excluding carboxylic acids is 1. The molecule has 3 aromatic rings. The van der Waals surface area contributed by atoms with Crippen LogP contribution in [0.3, 0.4) is 0 Å². The Morgan fingerprint density at radius 1 is 1.24 bits per heavy atom. The number of nitro benzene ring substituents is 1. The summed E-state index contributed by atoms with van der Waals surface area (Å²) in [6, 6.07) is 15.0. The molecule has 0 aliphatic carbocycles. The number of aromatic nitrogens is 1. The molecule has 1 amide bonds. The molecule has 0 bridgehead atoms. The van der Waals surface area contributed by atoms with Gasteiger partial charge in [-0.25, -0.2) is 0 Å². The minimum atomic E-state index is -0.561. The summed E-state index contributed by atoms with van der Waals surface area (Å²) in [7, 11) is 1.48. The number of nitro groups is 1. The molecule has 3 rings (SSSR count). The van der Waals surface area contributed by atoms with Gasteiger partial charge in [-0.15, -0.1) is 0 Å². The van der Waals surface area contributed by atoms with Crippen molar-refractivity contribution < 1.29 is 19.2 Å². The molecular formula is C25H24N4O5. The summed E-state index contributed by atoms with van der Waals surface area (Å²) < 4.78 is 12.6. The molecule has 9 nitrogen and oxygen atoms in total. The van der Waals surface area contributed by atoms with Crippen molar-refractivity contribution in [2.45, 2.75) is 20.8 Å². The van der Waals surface area contributed by atoms with E-state index in [4.69, 9.17) is 9.47 Å². The zero-order chi connectivity index (χ0) is 24.8. The van der Waals surface area contributed by atoms with Crippen LogP contribution in [0.25, 0.3) is 11.8 Å². The molecule has 2 aromatic carbocycles. The topological polar surface area (TPSA) is 119 Å². The Morgan fingerprint density at radius 3 is 2.65 bits per heavy atom. The van der Waals surface area contributed by atoms with Crippen LogP contribution in [0.5, 0.6) is 11.5 Å². The number of non-ortho nitro benzene ring substituents is 1. The van der Waals surface area contributed by atoms with Crippen molar-refractivity contribution in [2.75, 3.05) is 19.0 Å². The number of ether oxygens (including phenoxy) is 2. The van der Waals surface area contributed by atoms with E-state index >= 15 is 0 Å². The number of aryl methyl sites for hydroxylation is 1. The SMILES string of the molecule is CCOc1cccc(NC(=O)/C(C#N)=C/c2cc(C)n(-c3cc([N+](=O)[O-])ccc3OC)c2C)c1. The third-order valence-electron chi connectivity index (χ3n) is 5.15. The van der Waals surface area contributed by atoms with E-state index in [0.717, 1.165) is 5.69 Å². The van der Waals surface area contributed by atoms with Gasteiger partial charge in [0.1, 0.15) is 23.1 Å². The molecule has 0 fully saturated rings. The fourth-order valence-electron chi connectivity index (χ4n) is 3.60. The molecule has 0 spiro atoms. The van der Waals surface area contributed by atoms with Crippen molar-refractivity contribution in [1.82, 2.24) is 4.57 Å². The first-order chi connectivity index (χ1) is 16.3. The van der Waals surface area contributed by atoms with E-state index in [1.807, 2.05) is 19.9 Å². The van der Waals surface area contributed by atoms with Crippen molar-refractivity contribution in [1.29, 1.82) is 5.26 Å². The average molecular weight is 460 g/mol. The lowest BCUT2D eigenvalue weighted by atomic mass is 10.1. The summed E-state index contributed by atoms with van der Waals surface area (Å²) >= 11 is 0. The summed E-state index contributed by atoms with van der Waals surface area (Å²) in [4.78, 5) is 23.6. The van der Waals surface area contributed by atoms with Crippen LogP contribution in [-0.4, -0.2) is 29.1 Å². The number of hydrogen-bond donors (Lipinski definition) is 1. The summed E-state index contributed by atoms with van der Waals surface area (Å²) in [6.07, 6.45) is 1.49. The van der Waals surface area contributed by atoms with Crippen LogP contribution in [0.1, 0.15) is 23.9 Å². The molecule has 174 valence electrons. The first-order valence-corrected chi connectivity index (χ1v) is 10.5. The Kier molecular flexibility index (Phi) is 7.33. The minimum absolute atomic E-state index is 0.0771. The minimum Gasteiger partial charge on any atom is -0.495 e. The molecule has 0 unspecified atom stereocenters. The molecule has 0 radical (unpaired) electrons. The summed E-state index contributed by atoms with van der Waals surface area (Å²) in [5.74, 6) is 0.501. The molecule has 0 saturated carbocycles. The van der Waals surface area contributed by atoms with Crippen LogP contribution >= 0.6 is 0 Å². The number of methoxy groups -OCH3 is 1. The Morgan fingerprint density at radius 2 is 2.00 bits per heavy atom. The smallest absolute Gasteiger partial charge is 0.271 e. The van der Waals surface area contributed by atoms with Gasteiger partial charge in [0.05, 0.1) is 24.3 Å². The average Bonchev–Trinajstić information content (AvgIpc) is 3.09. The van der Waals surface area contributed by atoms with Crippen molar-refractivity contribution in [3.63, 3.8) is 0 Å². The number of nitrogens with one attached hydrogen (secondary N) is 1. The highest BCUT2D eigenvalue weighted by molar-refractivity contribution is 6.09. The quantitative estimate of drug-likeness (QED) is 0.220. The number of rotatable bonds is 8. The van der Waals surface area contributed by atoms with Gasteiger partial charge in [0.25, 0.3) is 11.6 Å². The zero-order valence-electron chi connectivity index (χ0n) is 19.3. The maximum absolute atomic E-state index is 12.8. The first-order valence-electron chi connectivity index (χ1n) is 10.5. The van der Waals surface area contributed by atoms with E-state index in [-0.39, 0.29) is 11.3 Å². The number of carbonyl (C=O) groups is 1. The van der Waals surface area contributed by atoms with Gasteiger partial charge in [0, 0.05) is 35.3 Å². The summed E-state index contributed by atoms with van der Waals surface area (Å²) in [6.45, 7) is 5.98. The highest BCUT2D eigenvalue weighted by Crippen LogP contribution is 2.32. The van der Waals surface area contributed by atoms with Crippen molar-refractivity contribution in [3.05, 3.63) is 81.2 Å². The second-order valence-corrected chi connectivity index (χ2v) is 7.36. The monoisotopic (exact) mass is 460 g/mol. The van der Waals surface area contributed by atoms with E-state index in [2.05, 4.69) is 5.32 Å². The van der Waals surface area contributed by atoms with Gasteiger partial charge in [-0.2, -0.15) is 5.26 Å². The van der Waals surface area contributed by atoms with Crippen LogP contribution in [-0.2, 0) is 4.79 Å². The summed E-state index contributed by atoms with van der Waals surface area (Å²) in [5.41, 5.74) is 2.89. The number of anilines is 1. The van der Waals surface area contributed by atoms with Gasteiger partial charge in [0.15, 0.2) is 0 Å². The van der Waals surface area contributed by atoms with Crippen LogP contribution < -0.4 is 14.8 Å². The highest BCUT2D eigenvalue weighted by atomic mass is 16.6. The van der Waals surface area contributed by atoms with Gasteiger partial charge in [-0.05, 0) is 56.7 Å². The van der Waals surface area contributed by atoms with Crippen molar-refractivity contribution in [3.8, 4) is 23.3 Å². The molecule has 0 atom stereocenters. The van der Waals surface area contributed by atoms with Gasteiger partial charge in [-0.1, -0.05) is 6.07 Å². The maximum Gasteiger partial charge on any atom is 0.271 e. The van der Waals surface area contributed by atoms with Crippen molar-refractivity contribution >= 4 is 23.4 Å². The second kappa shape index (κ2) is 10.4. The van der Waals surface area contributed by atoms with Crippen LogP contribution in [0.15, 0.2) is 54.1 Å². The number of amides is 1. The van der Waals surface area contributed by atoms with Gasteiger partial charge < -0.3 is 19.4 Å². The van der Waals surface area contributed by atoms with Gasteiger partial charge in [-0.3, -0.25) is 14.9 Å². The van der Waals surface area contributed by atoms with E-state index in [1.54, 1.807) is 41.8 Å². The second-order valence-electron chi connectivity index (χ2n) is 7.36. The molecule has 0 aliphatic rings. The van der Waals surface area contributed by atoms with Gasteiger partial charge >= 0.3 is 0 Å². The standard InChI is InChI=1S/C25H24N4O5/c1-5-34-22-8-6-7-20(13-22)27-25(30)19(15-26)12-18-11-16(2)28(17(18)3)23-14-21(29(31)32)9-10-24(23)33-4/h6-14H,5H2,1-4H3,(H,27,30)/b19-12+. The number of nitriles is 1.